The summed E-state index contributed by atoms with van der Waals surface area (Å²) in [5, 5.41) is 10.6. The summed E-state index contributed by atoms with van der Waals surface area (Å²) >= 11 is 3.56. The van der Waals surface area contributed by atoms with Crippen LogP contribution in [0.1, 0.15) is 31.2 Å². The van der Waals surface area contributed by atoms with Gasteiger partial charge in [-0.1, -0.05) is 0 Å². The van der Waals surface area contributed by atoms with E-state index in [0.29, 0.717) is 6.54 Å². The average Bonchev–Trinajstić information content (AvgIpc) is 2.65. The molecule has 1 unspecified atom stereocenters. The monoisotopic (exact) mass is 314 g/mol. The van der Waals surface area contributed by atoms with Crippen molar-refractivity contribution in [2.24, 2.45) is 0 Å². The molecule has 2 rings (SSSR count). The molecular weight excluding hydrogens is 296 g/mol. The van der Waals surface area contributed by atoms with Crippen molar-refractivity contribution in [3.05, 3.63) is 15.9 Å². The quantitative estimate of drug-likeness (QED) is 0.882. The molecule has 2 heterocycles. The molecule has 18 heavy (non-hydrogen) atoms. The van der Waals surface area contributed by atoms with E-state index in [-0.39, 0.29) is 11.9 Å². The number of amides is 1. The van der Waals surface area contributed by atoms with Crippen LogP contribution in [0.4, 0.5) is 0 Å². The van der Waals surface area contributed by atoms with E-state index in [2.05, 4.69) is 38.6 Å². The molecule has 0 aromatic carbocycles. The van der Waals surface area contributed by atoms with Crippen molar-refractivity contribution < 1.29 is 4.79 Å². The molecule has 1 aliphatic rings. The Morgan fingerprint density at radius 3 is 3.06 bits per heavy atom. The number of rotatable bonds is 4. The molecule has 5 nitrogen and oxygen atoms in total. The minimum Gasteiger partial charge on any atom is -0.355 e. The summed E-state index contributed by atoms with van der Waals surface area (Å²) in [7, 11) is 0. The molecule has 1 aliphatic heterocycles. The standard InChI is InChI=1S/C12H19BrN4O/c1-3-17-10(11(13)8(2)16-17)7-15-9-5-4-6-14-12(9)18/h9,15H,3-7H2,1-2H3,(H,14,18). The Kier molecular flexibility index (Phi) is 4.40. The fourth-order valence-electron chi connectivity index (χ4n) is 2.22. The zero-order chi connectivity index (χ0) is 13.1. The van der Waals surface area contributed by atoms with Crippen LogP contribution in [0.15, 0.2) is 4.47 Å². The van der Waals surface area contributed by atoms with E-state index in [4.69, 9.17) is 0 Å². The number of aromatic nitrogens is 2. The minimum absolute atomic E-state index is 0.0776. The third kappa shape index (κ3) is 2.75. The second-order valence-electron chi connectivity index (χ2n) is 4.53. The fraction of sp³-hybridized carbons (Fsp3) is 0.667. The molecule has 1 atom stereocenters. The zero-order valence-corrected chi connectivity index (χ0v) is 12.4. The first kappa shape index (κ1) is 13.5. The number of carbonyl (C=O) groups is 1. The van der Waals surface area contributed by atoms with Crippen LogP contribution in [0.2, 0.25) is 0 Å². The molecule has 6 heteroatoms. The number of nitrogens with one attached hydrogen (secondary N) is 2. The molecule has 0 aliphatic carbocycles. The van der Waals surface area contributed by atoms with Gasteiger partial charge < -0.3 is 10.6 Å². The molecule has 1 aromatic rings. The van der Waals surface area contributed by atoms with Gasteiger partial charge in [0.1, 0.15) is 0 Å². The van der Waals surface area contributed by atoms with Gasteiger partial charge in [-0.2, -0.15) is 5.10 Å². The number of hydrogen-bond donors (Lipinski definition) is 2. The molecule has 1 aromatic heterocycles. The number of nitrogens with zero attached hydrogens (tertiary/aromatic N) is 2. The topological polar surface area (TPSA) is 59.0 Å². The smallest absolute Gasteiger partial charge is 0.237 e. The van der Waals surface area contributed by atoms with Gasteiger partial charge in [-0.3, -0.25) is 9.48 Å². The van der Waals surface area contributed by atoms with Crippen molar-refractivity contribution in [1.82, 2.24) is 20.4 Å². The molecular formula is C12H19BrN4O. The highest BCUT2D eigenvalue weighted by atomic mass is 79.9. The number of piperidine rings is 1. The molecule has 0 bridgehead atoms. The first-order valence-electron chi connectivity index (χ1n) is 6.36. The van der Waals surface area contributed by atoms with Crippen molar-refractivity contribution in [2.75, 3.05) is 6.54 Å². The van der Waals surface area contributed by atoms with Gasteiger partial charge >= 0.3 is 0 Å². The molecule has 0 radical (unpaired) electrons. The molecule has 1 amide bonds. The molecule has 100 valence electrons. The largest absolute Gasteiger partial charge is 0.355 e. The SMILES string of the molecule is CCn1nc(C)c(Br)c1CNC1CCCNC1=O. The van der Waals surface area contributed by atoms with E-state index < -0.39 is 0 Å². The second kappa shape index (κ2) is 5.84. The Morgan fingerprint density at radius 1 is 1.61 bits per heavy atom. The van der Waals surface area contributed by atoms with Gasteiger partial charge in [0.25, 0.3) is 0 Å². The van der Waals surface area contributed by atoms with E-state index >= 15 is 0 Å². The summed E-state index contributed by atoms with van der Waals surface area (Å²) in [5.74, 6) is 0.108. The highest BCUT2D eigenvalue weighted by Crippen LogP contribution is 2.21. The second-order valence-corrected chi connectivity index (χ2v) is 5.32. The predicted molar refractivity (Wildman–Crippen MR) is 73.2 cm³/mol. The van der Waals surface area contributed by atoms with Crippen molar-refractivity contribution in [2.45, 2.75) is 45.8 Å². The lowest BCUT2D eigenvalue weighted by Gasteiger charge is -2.23. The summed E-state index contributed by atoms with van der Waals surface area (Å²) in [4.78, 5) is 11.7. The molecule has 2 N–H and O–H groups in total. The van der Waals surface area contributed by atoms with Gasteiger partial charge in [0, 0.05) is 19.6 Å². The number of hydrogen-bond acceptors (Lipinski definition) is 3. The summed E-state index contributed by atoms with van der Waals surface area (Å²) in [5.41, 5.74) is 2.09. The lowest BCUT2D eigenvalue weighted by molar-refractivity contribution is -0.124. The van der Waals surface area contributed by atoms with E-state index in [1.807, 2.05) is 11.6 Å². The summed E-state index contributed by atoms with van der Waals surface area (Å²) in [6.07, 6.45) is 1.94. The number of aryl methyl sites for hydroxylation is 2. The lowest BCUT2D eigenvalue weighted by atomic mass is 10.1. The Bertz CT molecular complexity index is 444. The van der Waals surface area contributed by atoms with E-state index in [1.165, 1.54) is 0 Å². The summed E-state index contributed by atoms with van der Waals surface area (Å²) in [6, 6.07) is -0.0776. The van der Waals surface area contributed by atoms with Gasteiger partial charge in [-0.05, 0) is 42.6 Å². The third-order valence-electron chi connectivity index (χ3n) is 3.25. The van der Waals surface area contributed by atoms with Crippen LogP contribution in [0, 0.1) is 6.92 Å². The van der Waals surface area contributed by atoms with Crippen LogP contribution in [0.3, 0.4) is 0 Å². The van der Waals surface area contributed by atoms with Crippen LogP contribution in [-0.4, -0.2) is 28.3 Å². The van der Waals surface area contributed by atoms with E-state index in [1.54, 1.807) is 0 Å². The lowest BCUT2D eigenvalue weighted by Crippen LogP contribution is -2.48. The highest BCUT2D eigenvalue weighted by molar-refractivity contribution is 9.10. The summed E-state index contributed by atoms with van der Waals surface area (Å²) < 4.78 is 3.00. The van der Waals surface area contributed by atoms with Crippen LogP contribution >= 0.6 is 15.9 Å². The molecule has 0 spiro atoms. The van der Waals surface area contributed by atoms with E-state index in [9.17, 15) is 4.79 Å². The fourth-order valence-corrected chi connectivity index (χ4v) is 2.65. The first-order chi connectivity index (χ1) is 8.63. The van der Waals surface area contributed by atoms with Crippen LogP contribution < -0.4 is 10.6 Å². The Morgan fingerprint density at radius 2 is 2.39 bits per heavy atom. The van der Waals surface area contributed by atoms with Gasteiger partial charge in [0.05, 0.1) is 21.9 Å². The van der Waals surface area contributed by atoms with Crippen molar-refractivity contribution in [1.29, 1.82) is 0 Å². The number of halogens is 1. The number of carbonyl (C=O) groups excluding carboxylic acids is 1. The van der Waals surface area contributed by atoms with Gasteiger partial charge in [-0.25, -0.2) is 0 Å². The predicted octanol–water partition coefficient (Wildman–Crippen LogP) is 1.34. The van der Waals surface area contributed by atoms with Crippen molar-refractivity contribution in [3.8, 4) is 0 Å². The van der Waals surface area contributed by atoms with Gasteiger partial charge in [0.2, 0.25) is 5.91 Å². The van der Waals surface area contributed by atoms with Gasteiger partial charge in [-0.15, -0.1) is 0 Å². The zero-order valence-electron chi connectivity index (χ0n) is 10.8. The summed E-state index contributed by atoms with van der Waals surface area (Å²) in [6.45, 7) is 6.34. The van der Waals surface area contributed by atoms with Crippen molar-refractivity contribution >= 4 is 21.8 Å². The average molecular weight is 315 g/mol. The molecule has 0 saturated carbocycles. The molecule has 1 fully saturated rings. The van der Waals surface area contributed by atoms with Crippen LogP contribution in [-0.2, 0) is 17.9 Å². The third-order valence-corrected chi connectivity index (χ3v) is 4.29. The maximum Gasteiger partial charge on any atom is 0.237 e. The van der Waals surface area contributed by atoms with Gasteiger partial charge in [0.15, 0.2) is 0 Å². The Labute approximate surface area is 115 Å². The molecule has 1 saturated heterocycles. The Balaban J connectivity index is 2.03. The Hall–Kier alpha value is -0.880. The normalized spacial score (nSPS) is 19.9. The van der Waals surface area contributed by atoms with Crippen LogP contribution in [0.5, 0.6) is 0 Å². The maximum absolute atomic E-state index is 11.7. The minimum atomic E-state index is -0.0776. The van der Waals surface area contributed by atoms with Crippen molar-refractivity contribution in [3.63, 3.8) is 0 Å². The highest BCUT2D eigenvalue weighted by Gasteiger charge is 2.22. The maximum atomic E-state index is 11.7. The first-order valence-corrected chi connectivity index (χ1v) is 7.15. The van der Waals surface area contributed by atoms with E-state index in [0.717, 1.165) is 41.8 Å². The van der Waals surface area contributed by atoms with Crippen LogP contribution in [0.25, 0.3) is 0 Å².